The van der Waals surface area contributed by atoms with Crippen LogP contribution in [0.4, 0.5) is 0 Å². The molecular weight excluding hydrogens is 579 g/mol. The van der Waals surface area contributed by atoms with Crippen LogP contribution in [-0.4, -0.2) is 41.0 Å². The average Bonchev–Trinajstić information content (AvgIpc) is 2.98. The van der Waals surface area contributed by atoms with Crippen LogP contribution in [-0.2, 0) is 28.2 Å². The minimum atomic E-state index is -4.74. The molecular formula is C35H63O8P. The van der Waals surface area contributed by atoms with Gasteiger partial charge in [0.15, 0.2) is 6.10 Å². The fraction of sp³-hybridized carbons (Fsp3) is 0.771. The predicted octanol–water partition coefficient (Wildman–Crippen LogP) is 9.84. The highest BCUT2D eigenvalue weighted by Crippen LogP contribution is 2.35. The summed E-state index contributed by atoms with van der Waals surface area (Å²) in [5, 5.41) is 0. The molecule has 0 aromatic rings. The summed E-state index contributed by atoms with van der Waals surface area (Å²) < 4.78 is 26.1. The molecule has 0 bridgehead atoms. The molecule has 1 atom stereocenters. The van der Waals surface area contributed by atoms with Crippen LogP contribution >= 0.6 is 7.82 Å². The Kier molecular flexibility index (Phi) is 30.0. The molecule has 256 valence electrons. The number of unbranched alkanes of at least 4 members (excludes halogenated alkanes) is 15. The molecule has 0 aliphatic carbocycles. The van der Waals surface area contributed by atoms with E-state index in [1.807, 2.05) is 0 Å². The lowest BCUT2D eigenvalue weighted by molar-refractivity contribution is -0.161. The molecule has 2 N–H and O–H groups in total. The van der Waals surface area contributed by atoms with Gasteiger partial charge in [0.05, 0.1) is 6.61 Å². The third kappa shape index (κ3) is 33.2. The molecule has 0 rings (SSSR count). The maximum atomic E-state index is 12.3. The summed E-state index contributed by atoms with van der Waals surface area (Å²) >= 11 is 0. The van der Waals surface area contributed by atoms with Gasteiger partial charge >= 0.3 is 19.8 Å². The van der Waals surface area contributed by atoms with E-state index in [0.29, 0.717) is 6.42 Å². The Morgan fingerprint density at radius 1 is 0.591 bits per heavy atom. The SMILES string of the molecule is CCCCC/C=C\C/C=C\C/C=C\CCCCCCCCC(=O)OC(COC(=O)CCCCCCCCC)COP(=O)(O)O. The number of carbonyl (C=O) groups excluding carboxylic acids is 2. The first kappa shape index (κ1) is 42.3. The second kappa shape index (κ2) is 31.3. The van der Waals surface area contributed by atoms with Gasteiger partial charge in [0.25, 0.3) is 0 Å². The van der Waals surface area contributed by atoms with Gasteiger partial charge in [0, 0.05) is 12.8 Å². The van der Waals surface area contributed by atoms with Crippen molar-refractivity contribution in [3.63, 3.8) is 0 Å². The number of phosphoric acid groups is 1. The second-order valence-electron chi connectivity index (χ2n) is 11.5. The van der Waals surface area contributed by atoms with Crippen LogP contribution in [0.1, 0.15) is 155 Å². The van der Waals surface area contributed by atoms with E-state index in [2.05, 4.69) is 54.8 Å². The normalized spacial score (nSPS) is 12.9. The van der Waals surface area contributed by atoms with Gasteiger partial charge in [0.1, 0.15) is 6.61 Å². The van der Waals surface area contributed by atoms with Crippen molar-refractivity contribution in [1.29, 1.82) is 0 Å². The second-order valence-corrected chi connectivity index (χ2v) is 12.7. The summed E-state index contributed by atoms with van der Waals surface area (Å²) in [6, 6.07) is 0. The molecule has 0 aliphatic heterocycles. The topological polar surface area (TPSA) is 119 Å². The van der Waals surface area contributed by atoms with Crippen molar-refractivity contribution in [3.8, 4) is 0 Å². The Morgan fingerprint density at radius 2 is 1.02 bits per heavy atom. The number of esters is 2. The van der Waals surface area contributed by atoms with E-state index in [4.69, 9.17) is 19.3 Å². The van der Waals surface area contributed by atoms with Crippen LogP contribution < -0.4 is 0 Å². The van der Waals surface area contributed by atoms with E-state index in [-0.39, 0.29) is 19.4 Å². The Hall–Kier alpha value is -1.73. The number of hydrogen-bond acceptors (Lipinski definition) is 6. The number of carbonyl (C=O) groups is 2. The van der Waals surface area contributed by atoms with Gasteiger partial charge in [0.2, 0.25) is 0 Å². The maximum Gasteiger partial charge on any atom is 0.469 e. The largest absolute Gasteiger partial charge is 0.469 e. The number of allylic oxidation sites excluding steroid dienone is 6. The van der Waals surface area contributed by atoms with Crippen molar-refractivity contribution in [2.45, 2.75) is 161 Å². The molecule has 1 unspecified atom stereocenters. The number of phosphoric ester groups is 1. The van der Waals surface area contributed by atoms with Gasteiger partial charge in [-0.25, -0.2) is 4.57 Å². The summed E-state index contributed by atoms with van der Waals surface area (Å²) in [5.74, 6) is -0.908. The molecule has 9 heteroatoms. The summed E-state index contributed by atoms with van der Waals surface area (Å²) in [5.41, 5.74) is 0. The minimum Gasteiger partial charge on any atom is -0.462 e. The summed E-state index contributed by atoms with van der Waals surface area (Å²) in [6.45, 7) is 3.57. The highest BCUT2D eigenvalue weighted by molar-refractivity contribution is 7.46. The van der Waals surface area contributed by atoms with Gasteiger partial charge in [-0.15, -0.1) is 0 Å². The minimum absolute atomic E-state index is 0.198. The van der Waals surface area contributed by atoms with E-state index in [1.165, 1.54) is 44.9 Å². The number of ether oxygens (including phenoxy) is 2. The quantitative estimate of drug-likeness (QED) is 0.0332. The summed E-state index contributed by atoms with van der Waals surface area (Å²) in [7, 11) is -4.74. The zero-order chi connectivity index (χ0) is 32.6. The van der Waals surface area contributed by atoms with E-state index in [9.17, 15) is 14.2 Å². The molecule has 0 aromatic carbocycles. The molecule has 0 amide bonds. The fourth-order valence-corrected chi connectivity index (χ4v) is 4.91. The predicted molar refractivity (Wildman–Crippen MR) is 179 cm³/mol. The molecule has 0 radical (unpaired) electrons. The van der Waals surface area contributed by atoms with Crippen molar-refractivity contribution >= 4 is 19.8 Å². The van der Waals surface area contributed by atoms with Crippen LogP contribution in [0.25, 0.3) is 0 Å². The first-order chi connectivity index (χ1) is 21.3. The monoisotopic (exact) mass is 642 g/mol. The Balaban J connectivity index is 3.97. The smallest absolute Gasteiger partial charge is 0.462 e. The van der Waals surface area contributed by atoms with Gasteiger partial charge in [-0.1, -0.05) is 127 Å². The van der Waals surface area contributed by atoms with Crippen LogP contribution in [0.5, 0.6) is 0 Å². The van der Waals surface area contributed by atoms with E-state index in [0.717, 1.165) is 77.0 Å². The molecule has 8 nitrogen and oxygen atoms in total. The molecule has 0 fully saturated rings. The summed E-state index contributed by atoms with van der Waals surface area (Å²) in [4.78, 5) is 42.4. The Bertz CT molecular complexity index is 818. The molecule has 0 saturated carbocycles. The highest BCUT2D eigenvalue weighted by atomic mass is 31.2. The van der Waals surface area contributed by atoms with Gasteiger partial charge in [-0.05, 0) is 51.4 Å². The van der Waals surface area contributed by atoms with Crippen LogP contribution in [0, 0.1) is 0 Å². The maximum absolute atomic E-state index is 12.3. The Labute approximate surface area is 268 Å². The third-order valence-corrected chi connectivity index (χ3v) is 7.65. The van der Waals surface area contributed by atoms with Crippen molar-refractivity contribution in [2.75, 3.05) is 13.2 Å². The molecule has 0 saturated heterocycles. The van der Waals surface area contributed by atoms with Crippen LogP contribution in [0.2, 0.25) is 0 Å². The molecule has 0 aliphatic rings. The van der Waals surface area contributed by atoms with Crippen molar-refractivity contribution < 1.29 is 37.9 Å². The first-order valence-corrected chi connectivity index (χ1v) is 18.8. The zero-order valence-corrected chi connectivity index (χ0v) is 28.7. The fourth-order valence-electron chi connectivity index (χ4n) is 4.55. The average molecular weight is 643 g/mol. The first-order valence-electron chi connectivity index (χ1n) is 17.3. The highest BCUT2D eigenvalue weighted by Gasteiger charge is 2.22. The molecule has 0 heterocycles. The van der Waals surface area contributed by atoms with Crippen molar-refractivity contribution in [3.05, 3.63) is 36.5 Å². The van der Waals surface area contributed by atoms with Gasteiger partial charge in [-0.3, -0.25) is 14.1 Å². The number of hydrogen-bond donors (Lipinski definition) is 2. The van der Waals surface area contributed by atoms with E-state index in [1.54, 1.807) is 0 Å². The summed E-state index contributed by atoms with van der Waals surface area (Å²) in [6.07, 6.45) is 34.6. The van der Waals surface area contributed by atoms with E-state index < -0.39 is 32.5 Å². The van der Waals surface area contributed by atoms with Gasteiger partial charge < -0.3 is 19.3 Å². The van der Waals surface area contributed by atoms with Crippen molar-refractivity contribution in [1.82, 2.24) is 0 Å². The molecule has 0 aromatic heterocycles. The standard InChI is InChI=1S/C35H63O8P/c1-3-5-7-9-11-12-13-14-15-16-17-18-19-20-21-22-24-26-28-30-35(37)43-33(32-42-44(38,39)40)31-41-34(36)29-27-25-23-10-8-6-4-2/h11-12,14-15,17-18,33H,3-10,13,16,19-32H2,1-2H3,(H2,38,39,40)/b12-11-,15-14-,18-17-. The molecule has 0 spiro atoms. The molecule has 44 heavy (non-hydrogen) atoms. The van der Waals surface area contributed by atoms with Gasteiger partial charge in [-0.2, -0.15) is 0 Å². The van der Waals surface area contributed by atoms with Crippen molar-refractivity contribution in [2.24, 2.45) is 0 Å². The lowest BCUT2D eigenvalue weighted by Gasteiger charge is -2.18. The third-order valence-electron chi connectivity index (χ3n) is 7.16. The lowest BCUT2D eigenvalue weighted by atomic mass is 10.1. The van der Waals surface area contributed by atoms with E-state index >= 15 is 0 Å². The lowest BCUT2D eigenvalue weighted by Crippen LogP contribution is -2.29. The number of rotatable bonds is 31. The Morgan fingerprint density at radius 3 is 1.57 bits per heavy atom. The van der Waals surface area contributed by atoms with Crippen LogP contribution in [0.3, 0.4) is 0 Å². The van der Waals surface area contributed by atoms with Crippen LogP contribution in [0.15, 0.2) is 36.5 Å². The zero-order valence-electron chi connectivity index (χ0n) is 27.8.